The highest BCUT2D eigenvalue weighted by molar-refractivity contribution is 6.22. The van der Waals surface area contributed by atoms with Crippen LogP contribution in [0.5, 0.6) is 0 Å². The number of benzene rings is 1. The fourth-order valence-electron chi connectivity index (χ4n) is 1.94. The summed E-state index contributed by atoms with van der Waals surface area (Å²) in [5.74, 6) is -1.21. The minimum absolute atomic E-state index is 0.230. The zero-order chi connectivity index (χ0) is 14.3. The molecule has 0 fully saturated rings. The average molecular weight is 271 g/mol. The number of amides is 3. The third-order valence-corrected chi connectivity index (χ3v) is 3.00. The minimum Gasteiger partial charge on any atom is -0.277 e. The van der Waals surface area contributed by atoms with Crippen LogP contribution in [0.2, 0.25) is 0 Å². The van der Waals surface area contributed by atoms with Crippen molar-refractivity contribution < 1.29 is 14.4 Å². The van der Waals surface area contributed by atoms with Gasteiger partial charge < -0.3 is 0 Å². The topological polar surface area (TPSA) is 97.2 Å². The van der Waals surface area contributed by atoms with Crippen LogP contribution in [0.4, 0.5) is 0 Å². The van der Waals surface area contributed by atoms with Crippen LogP contribution in [-0.4, -0.2) is 44.5 Å². The molecule has 0 saturated heterocycles. The van der Waals surface area contributed by atoms with E-state index in [0.717, 1.165) is 4.90 Å². The Morgan fingerprint density at radius 1 is 1.10 bits per heavy atom. The van der Waals surface area contributed by atoms with Crippen molar-refractivity contribution in [1.29, 1.82) is 0 Å². The van der Waals surface area contributed by atoms with E-state index in [1.165, 1.54) is 42.6 Å². The van der Waals surface area contributed by atoms with Gasteiger partial charge in [-0.25, -0.2) is 4.68 Å². The summed E-state index contributed by atoms with van der Waals surface area (Å²) in [4.78, 5) is 36.6. The molecule has 8 heteroatoms. The van der Waals surface area contributed by atoms with Gasteiger partial charge in [0.2, 0.25) is 0 Å². The maximum absolute atomic E-state index is 12.0. The molecule has 0 atom stereocenters. The normalized spacial score (nSPS) is 13.6. The van der Waals surface area contributed by atoms with E-state index in [0.29, 0.717) is 5.56 Å². The molecule has 0 aliphatic carbocycles. The van der Waals surface area contributed by atoms with E-state index in [1.807, 2.05) is 0 Å². The van der Waals surface area contributed by atoms with Crippen LogP contribution >= 0.6 is 0 Å². The molecule has 0 saturated carbocycles. The van der Waals surface area contributed by atoms with E-state index in [1.54, 1.807) is 0 Å². The molecule has 0 spiro atoms. The fraction of sp³-hybridized carbons (Fsp3) is 0.0833. The van der Waals surface area contributed by atoms with Crippen molar-refractivity contribution >= 4 is 17.7 Å². The van der Waals surface area contributed by atoms with Crippen molar-refractivity contribution in [1.82, 2.24) is 19.8 Å². The number of nitrogens with one attached hydrogen (secondary N) is 1. The summed E-state index contributed by atoms with van der Waals surface area (Å²) in [5, 5.41) is 7.10. The summed E-state index contributed by atoms with van der Waals surface area (Å²) in [5.41, 5.74) is 3.32. The highest BCUT2D eigenvalue weighted by Gasteiger charge is 2.33. The molecule has 1 aromatic carbocycles. The summed E-state index contributed by atoms with van der Waals surface area (Å²) in [6.45, 7) is 0. The largest absolute Gasteiger partial charge is 0.277 e. The van der Waals surface area contributed by atoms with Gasteiger partial charge in [-0.15, -0.1) is 10.2 Å². The maximum atomic E-state index is 12.0. The van der Waals surface area contributed by atoms with Crippen molar-refractivity contribution in [2.75, 3.05) is 12.5 Å². The van der Waals surface area contributed by atoms with Crippen LogP contribution in [0.15, 0.2) is 30.9 Å². The van der Waals surface area contributed by atoms with E-state index >= 15 is 0 Å². The number of hydrogen-bond donors (Lipinski definition) is 1. The first-order valence-corrected chi connectivity index (χ1v) is 5.70. The van der Waals surface area contributed by atoms with E-state index in [4.69, 9.17) is 0 Å². The number of nitrogens with zero attached hydrogens (tertiary/aromatic N) is 4. The number of fused-ring (bicyclic) bond motifs is 1. The van der Waals surface area contributed by atoms with Crippen molar-refractivity contribution in [3.63, 3.8) is 0 Å². The van der Waals surface area contributed by atoms with Crippen molar-refractivity contribution in [2.24, 2.45) is 0 Å². The first kappa shape index (κ1) is 12.0. The predicted molar refractivity (Wildman–Crippen MR) is 66.6 cm³/mol. The van der Waals surface area contributed by atoms with Gasteiger partial charge >= 0.3 is 0 Å². The third kappa shape index (κ3) is 1.74. The molecule has 0 bridgehead atoms. The molecular weight excluding hydrogens is 262 g/mol. The first-order valence-electron chi connectivity index (χ1n) is 5.70. The second-order valence-corrected chi connectivity index (χ2v) is 4.24. The van der Waals surface area contributed by atoms with Gasteiger partial charge in [0, 0.05) is 12.6 Å². The molecule has 1 aromatic heterocycles. The van der Waals surface area contributed by atoms with Crippen LogP contribution in [0.1, 0.15) is 31.1 Å². The number of carbonyl (C=O) groups is 3. The molecule has 100 valence electrons. The molecule has 0 unspecified atom stereocenters. The van der Waals surface area contributed by atoms with Crippen LogP contribution in [-0.2, 0) is 0 Å². The smallest absolute Gasteiger partial charge is 0.270 e. The average Bonchev–Trinajstić information content (AvgIpc) is 3.03. The Morgan fingerprint density at radius 2 is 1.75 bits per heavy atom. The predicted octanol–water partition coefficient (Wildman–Crippen LogP) is -0.112. The number of carbonyl (C=O) groups excluding carboxylic acids is 3. The van der Waals surface area contributed by atoms with Crippen LogP contribution < -0.4 is 5.43 Å². The molecule has 1 N–H and O–H groups in total. The molecule has 2 heterocycles. The summed E-state index contributed by atoms with van der Waals surface area (Å²) in [6, 6.07) is 4.36. The maximum Gasteiger partial charge on any atom is 0.270 e. The Kier molecular flexibility index (Phi) is 2.56. The minimum atomic E-state index is -0.428. The fourth-order valence-corrected chi connectivity index (χ4v) is 1.94. The molecule has 20 heavy (non-hydrogen) atoms. The summed E-state index contributed by atoms with van der Waals surface area (Å²) >= 11 is 0. The van der Waals surface area contributed by atoms with E-state index in [9.17, 15) is 14.4 Å². The Balaban J connectivity index is 1.92. The molecule has 1 aliphatic heterocycles. The van der Waals surface area contributed by atoms with Gasteiger partial charge in [-0.05, 0) is 18.2 Å². The zero-order valence-corrected chi connectivity index (χ0v) is 10.4. The van der Waals surface area contributed by atoms with Crippen molar-refractivity contribution in [3.05, 3.63) is 47.5 Å². The number of aromatic nitrogens is 3. The van der Waals surface area contributed by atoms with Crippen molar-refractivity contribution in [2.45, 2.75) is 0 Å². The Labute approximate surface area is 113 Å². The Bertz CT molecular complexity index is 723. The van der Waals surface area contributed by atoms with Gasteiger partial charge in [0.15, 0.2) is 0 Å². The van der Waals surface area contributed by atoms with Gasteiger partial charge in [0.05, 0.1) is 11.1 Å². The molecule has 2 aromatic rings. The van der Waals surface area contributed by atoms with E-state index in [2.05, 4.69) is 15.6 Å². The highest BCUT2D eigenvalue weighted by atomic mass is 16.2. The van der Waals surface area contributed by atoms with Crippen molar-refractivity contribution in [3.8, 4) is 0 Å². The van der Waals surface area contributed by atoms with Crippen LogP contribution in [0.25, 0.3) is 0 Å². The van der Waals surface area contributed by atoms with Gasteiger partial charge in [-0.1, -0.05) is 0 Å². The second kappa shape index (κ2) is 4.26. The summed E-state index contributed by atoms with van der Waals surface area (Å²) in [6.07, 6.45) is 2.65. The zero-order valence-electron chi connectivity index (χ0n) is 10.4. The molecule has 0 radical (unpaired) electrons. The molecule has 1 aliphatic rings. The first-order chi connectivity index (χ1) is 9.58. The Morgan fingerprint density at radius 3 is 2.45 bits per heavy atom. The summed E-state index contributed by atoms with van der Waals surface area (Å²) in [7, 11) is 1.40. The lowest BCUT2D eigenvalue weighted by molar-refractivity contribution is 0.0693. The quantitative estimate of drug-likeness (QED) is 0.768. The van der Waals surface area contributed by atoms with E-state index < -0.39 is 11.8 Å². The highest BCUT2D eigenvalue weighted by Crippen LogP contribution is 2.22. The SMILES string of the molecule is CN1C(=O)c2ccc(C(=O)Nn3cnnc3)cc2C1=O. The lowest BCUT2D eigenvalue weighted by Gasteiger charge is -2.05. The number of imide groups is 1. The third-order valence-electron chi connectivity index (χ3n) is 3.00. The van der Waals surface area contributed by atoms with Gasteiger partial charge in [-0.2, -0.15) is 0 Å². The monoisotopic (exact) mass is 271 g/mol. The van der Waals surface area contributed by atoms with Gasteiger partial charge in [0.1, 0.15) is 12.7 Å². The van der Waals surface area contributed by atoms with Crippen LogP contribution in [0, 0.1) is 0 Å². The Hall–Kier alpha value is -3.03. The van der Waals surface area contributed by atoms with Crippen LogP contribution in [0.3, 0.4) is 0 Å². The lowest BCUT2D eigenvalue weighted by atomic mass is 10.1. The molecule has 8 nitrogen and oxygen atoms in total. The lowest BCUT2D eigenvalue weighted by Crippen LogP contribution is -2.24. The van der Waals surface area contributed by atoms with E-state index in [-0.39, 0.29) is 17.0 Å². The molecule has 3 rings (SSSR count). The molecule has 3 amide bonds. The van der Waals surface area contributed by atoms with Gasteiger partial charge in [-0.3, -0.25) is 24.7 Å². The molecular formula is C12H9N5O3. The second-order valence-electron chi connectivity index (χ2n) is 4.24. The number of hydrogen-bond acceptors (Lipinski definition) is 5. The standard InChI is InChI=1S/C12H9N5O3/c1-16-11(19)8-3-2-7(4-9(8)12(16)20)10(18)15-17-5-13-14-6-17/h2-6H,1H3,(H,15,18). The number of rotatable bonds is 2. The van der Waals surface area contributed by atoms with Gasteiger partial charge in [0.25, 0.3) is 17.7 Å². The summed E-state index contributed by atoms with van der Waals surface area (Å²) < 4.78 is 1.29.